The third-order valence-electron chi connectivity index (χ3n) is 2.21. The Morgan fingerprint density at radius 3 is 2.79 bits per heavy atom. The van der Waals surface area contributed by atoms with Gasteiger partial charge in [0.25, 0.3) is 5.24 Å². The van der Waals surface area contributed by atoms with Crippen molar-refractivity contribution in [2.75, 3.05) is 0 Å². The Balaban J connectivity index is 2.87. The molecule has 0 saturated carbocycles. The lowest BCUT2D eigenvalue weighted by atomic mass is 10.2. The summed E-state index contributed by atoms with van der Waals surface area (Å²) in [5.74, 6) is 0. The molecule has 2 nitrogen and oxygen atoms in total. The predicted octanol–water partition coefficient (Wildman–Crippen LogP) is 3.32. The maximum atomic E-state index is 11.1. The molecule has 0 saturated heterocycles. The number of hydrogen-bond acceptors (Lipinski definition) is 1. The highest BCUT2D eigenvalue weighted by molar-refractivity contribution is 9.10. The van der Waals surface area contributed by atoms with Gasteiger partial charge in [-0.3, -0.25) is 4.79 Å². The SMILES string of the molecule is Cn1c(C(=O)Cl)cc2cccc(Br)c21. The maximum Gasteiger partial charge on any atom is 0.268 e. The zero-order valence-electron chi connectivity index (χ0n) is 7.42. The van der Waals surface area contributed by atoms with Crippen molar-refractivity contribution < 1.29 is 4.79 Å². The number of benzene rings is 1. The fraction of sp³-hybridized carbons (Fsp3) is 0.100. The summed E-state index contributed by atoms with van der Waals surface area (Å²) in [6.07, 6.45) is 0. The molecular formula is C10H7BrClNO. The zero-order chi connectivity index (χ0) is 10.3. The van der Waals surface area contributed by atoms with Gasteiger partial charge in [0.05, 0.1) is 5.52 Å². The lowest BCUT2D eigenvalue weighted by Crippen LogP contribution is -1.98. The number of aryl methyl sites for hydroxylation is 1. The molecule has 14 heavy (non-hydrogen) atoms. The summed E-state index contributed by atoms with van der Waals surface area (Å²) in [7, 11) is 1.82. The Labute approximate surface area is 94.6 Å². The van der Waals surface area contributed by atoms with Gasteiger partial charge in [-0.05, 0) is 39.7 Å². The van der Waals surface area contributed by atoms with E-state index in [9.17, 15) is 4.79 Å². The molecule has 0 N–H and O–H groups in total. The zero-order valence-corrected chi connectivity index (χ0v) is 9.76. The molecule has 0 spiro atoms. The quantitative estimate of drug-likeness (QED) is 0.730. The van der Waals surface area contributed by atoms with E-state index in [2.05, 4.69) is 15.9 Å². The highest BCUT2D eigenvalue weighted by Gasteiger charge is 2.12. The number of fused-ring (bicyclic) bond motifs is 1. The monoisotopic (exact) mass is 271 g/mol. The fourth-order valence-electron chi connectivity index (χ4n) is 1.56. The van der Waals surface area contributed by atoms with Crippen molar-refractivity contribution >= 4 is 43.7 Å². The van der Waals surface area contributed by atoms with Crippen molar-refractivity contribution in [2.24, 2.45) is 7.05 Å². The molecule has 0 bridgehead atoms. The van der Waals surface area contributed by atoms with Crippen LogP contribution < -0.4 is 0 Å². The van der Waals surface area contributed by atoms with E-state index in [0.29, 0.717) is 5.69 Å². The Kier molecular flexibility index (Phi) is 2.37. The van der Waals surface area contributed by atoms with E-state index in [4.69, 9.17) is 11.6 Å². The summed E-state index contributed by atoms with van der Waals surface area (Å²) in [4.78, 5) is 11.1. The standard InChI is InChI=1S/C10H7BrClNO/c1-13-8(10(12)14)5-6-3-2-4-7(11)9(6)13/h2-5H,1H3. The van der Waals surface area contributed by atoms with Crippen LogP contribution in [0.15, 0.2) is 28.7 Å². The van der Waals surface area contributed by atoms with Crippen LogP contribution in [0.5, 0.6) is 0 Å². The summed E-state index contributed by atoms with van der Waals surface area (Å²) < 4.78 is 2.75. The summed E-state index contributed by atoms with van der Waals surface area (Å²) in [6.45, 7) is 0. The second kappa shape index (κ2) is 3.41. The van der Waals surface area contributed by atoms with E-state index >= 15 is 0 Å². The van der Waals surface area contributed by atoms with Crippen LogP contribution in [0.25, 0.3) is 10.9 Å². The summed E-state index contributed by atoms with van der Waals surface area (Å²) in [5.41, 5.74) is 1.49. The molecule has 0 atom stereocenters. The molecule has 2 aromatic rings. The number of carbonyl (C=O) groups is 1. The first-order chi connectivity index (χ1) is 6.61. The molecule has 72 valence electrons. The molecule has 0 aliphatic heterocycles. The highest BCUT2D eigenvalue weighted by Crippen LogP contribution is 2.26. The average Bonchev–Trinajstić information content (AvgIpc) is 2.45. The Hall–Kier alpha value is -0.800. The van der Waals surface area contributed by atoms with Crippen LogP contribution >= 0.6 is 27.5 Å². The van der Waals surface area contributed by atoms with E-state index in [0.717, 1.165) is 15.4 Å². The maximum absolute atomic E-state index is 11.1. The second-order valence-electron chi connectivity index (χ2n) is 3.04. The molecule has 0 unspecified atom stereocenters. The second-order valence-corrected chi connectivity index (χ2v) is 4.24. The minimum absolute atomic E-state index is 0.435. The van der Waals surface area contributed by atoms with Crippen molar-refractivity contribution in [1.82, 2.24) is 4.57 Å². The van der Waals surface area contributed by atoms with Crippen LogP contribution in [0.1, 0.15) is 10.5 Å². The third kappa shape index (κ3) is 1.37. The minimum Gasteiger partial charge on any atom is -0.339 e. The molecule has 0 radical (unpaired) electrons. The van der Waals surface area contributed by atoms with Gasteiger partial charge in [-0.15, -0.1) is 0 Å². The van der Waals surface area contributed by atoms with Crippen molar-refractivity contribution in [3.8, 4) is 0 Å². The Morgan fingerprint density at radius 2 is 2.21 bits per heavy atom. The number of aromatic nitrogens is 1. The minimum atomic E-state index is -0.435. The molecule has 4 heteroatoms. The molecule has 0 aliphatic rings. The molecule has 1 aromatic carbocycles. The Bertz CT molecular complexity index is 518. The van der Waals surface area contributed by atoms with Gasteiger partial charge >= 0.3 is 0 Å². The van der Waals surface area contributed by atoms with Crippen molar-refractivity contribution in [3.05, 3.63) is 34.4 Å². The van der Waals surface area contributed by atoms with Gasteiger partial charge in [0, 0.05) is 16.9 Å². The normalized spacial score (nSPS) is 10.8. The van der Waals surface area contributed by atoms with Gasteiger partial charge in [0.2, 0.25) is 0 Å². The van der Waals surface area contributed by atoms with Gasteiger partial charge in [-0.2, -0.15) is 0 Å². The smallest absolute Gasteiger partial charge is 0.268 e. The van der Waals surface area contributed by atoms with E-state index in [1.54, 1.807) is 10.6 Å². The Morgan fingerprint density at radius 1 is 1.50 bits per heavy atom. The van der Waals surface area contributed by atoms with E-state index in [1.165, 1.54) is 0 Å². The molecule has 0 amide bonds. The van der Waals surface area contributed by atoms with Crippen LogP contribution in [-0.2, 0) is 7.05 Å². The fourth-order valence-corrected chi connectivity index (χ4v) is 2.38. The van der Waals surface area contributed by atoms with Gasteiger partial charge < -0.3 is 4.57 Å². The number of carbonyl (C=O) groups excluding carboxylic acids is 1. The van der Waals surface area contributed by atoms with Crippen LogP contribution in [0.3, 0.4) is 0 Å². The lowest BCUT2D eigenvalue weighted by Gasteiger charge is -2.00. The van der Waals surface area contributed by atoms with Gasteiger partial charge in [-0.25, -0.2) is 0 Å². The molecular weight excluding hydrogens is 265 g/mol. The van der Waals surface area contributed by atoms with Crippen molar-refractivity contribution in [2.45, 2.75) is 0 Å². The van der Waals surface area contributed by atoms with Crippen LogP contribution in [0.4, 0.5) is 0 Å². The molecule has 1 heterocycles. The molecule has 1 aromatic heterocycles. The molecule has 0 fully saturated rings. The summed E-state index contributed by atoms with van der Waals surface area (Å²) in [6, 6.07) is 7.60. The van der Waals surface area contributed by atoms with Crippen molar-refractivity contribution in [1.29, 1.82) is 0 Å². The number of para-hydroxylation sites is 1. The lowest BCUT2D eigenvalue weighted by molar-refractivity contribution is 0.107. The molecule has 0 aliphatic carbocycles. The van der Waals surface area contributed by atoms with Gasteiger partial charge in [-0.1, -0.05) is 12.1 Å². The average molecular weight is 273 g/mol. The van der Waals surface area contributed by atoms with E-state index < -0.39 is 5.24 Å². The summed E-state index contributed by atoms with van der Waals surface area (Å²) >= 11 is 8.89. The topological polar surface area (TPSA) is 22.0 Å². The number of halogens is 2. The first kappa shape index (κ1) is 9.74. The first-order valence-corrected chi connectivity index (χ1v) is 5.22. The number of hydrogen-bond donors (Lipinski definition) is 0. The van der Waals surface area contributed by atoms with Gasteiger partial charge in [0.15, 0.2) is 0 Å². The van der Waals surface area contributed by atoms with Gasteiger partial charge in [0.1, 0.15) is 5.69 Å². The number of nitrogens with zero attached hydrogens (tertiary/aromatic N) is 1. The van der Waals surface area contributed by atoms with Crippen molar-refractivity contribution in [3.63, 3.8) is 0 Å². The first-order valence-electron chi connectivity index (χ1n) is 4.05. The number of rotatable bonds is 1. The van der Waals surface area contributed by atoms with E-state index in [1.807, 2.05) is 25.2 Å². The third-order valence-corrected chi connectivity index (χ3v) is 3.04. The van der Waals surface area contributed by atoms with Crippen LogP contribution in [0.2, 0.25) is 0 Å². The largest absolute Gasteiger partial charge is 0.339 e. The highest BCUT2D eigenvalue weighted by atomic mass is 79.9. The predicted molar refractivity (Wildman–Crippen MR) is 60.8 cm³/mol. The van der Waals surface area contributed by atoms with E-state index in [-0.39, 0.29) is 0 Å². The molecule has 2 rings (SSSR count). The van der Waals surface area contributed by atoms with Crippen LogP contribution in [0, 0.1) is 0 Å². The summed E-state index contributed by atoms with van der Waals surface area (Å²) in [5, 5.41) is 0.571. The van der Waals surface area contributed by atoms with Crippen LogP contribution in [-0.4, -0.2) is 9.81 Å².